The zero-order chi connectivity index (χ0) is 12.5. The first-order valence-corrected chi connectivity index (χ1v) is 5.76. The van der Waals surface area contributed by atoms with Gasteiger partial charge in [-0.05, 0) is 13.3 Å². The molecule has 0 bridgehead atoms. The van der Waals surface area contributed by atoms with Gasteiger partial charge < -0.3 is 9.84 Å². The van der Waals surface area contributed by atoms with Crippen LogP contribution in [-0.4, -0.2) is 22.6 Å². The zero-order valence-electron chi connectivity index (χ0n) is 10.0. The zero-order valence-corrected chi connectivity index (χ0v) is 10.0. The molecule has 0 aliphatic carbocycles. The molecule has 0 fully saturated rings. The molecule has 0 spiro atoms. The molecule has 3 heteroatoms. The number of hydrogen-bond donors (Lipinski definition) is 1. The number of rotatable bonds is 3. The Bertz CT molecular complexity index is 450. The summed E-state index contributed by atoms with van der Waals surface area (Å²) in [4.78, 5) is 11.9. The van der Waals surface area contributed by atoms with Crippen LogP contribution in [0, 0.1) is 0 Å². The van der Waals surface area contributed by atoms with E-state index in [0.717, 1.165) is 5.56 Å². The van der Waals surface area contributed by atoms with Crippen molar-refractivity contribution in [1.29, 1.82) is 0 Å². The molecular formula is C14H16O3. The van der Waals surface area contributed by atoms with Crippen LogP contribution in [0.1, 0.15) is 25.8 Å². The van der Waals surface area contributed by atoms with E-state index in [2.05, 4.69) is 0 Å². The van der Waals surface area contributed by atoms with E-state index in [1.54, 1.807) is 6.92 Å². The van der Waals surface area contributed by atoms with Gasteiger partial charge in [0.05, 0.1) is 0 Å². The summed E-state index contributed by atoms with van der Waals surface area (Å²) in [5.74, 6) is 0.358. The maximum Gasteiger partial charge on any atom is 0.205 e. The average Bonchev–Trinajstić information content (AvgIpc) is 2.67. The van der Waals surface area contributed by atoms with Crippen LogP contribution in [0.4, 0.5) is 0 Å². The Hall–Kier alpha value is -1.61. The summed E-state index contributed by atoms with van der Waals surface area (Å²) >= 11 is 0. The van der Waals surface area contributed by atoms with Crippen molar-refractivity contribution in [3.8, 4) is 0 Å². The van der Waals surface area contributed by atoms with Crippen molar-refractivity contribution in [3.05, 3.63) is 42.0 Å². The van der Waals surface area contributed by atoms with Crippen molar-refractivity contribution >= 4 is 11.5 Å². The molecule has 1 aliphatic heterocycles. The molecule has 0 saturated heterocycles. The molecule has 1 aromatic carbocycles. The lowest BCUT2D eigenvalue weighted by atomic mass is 9.93. The molecule has 0 radical (unpaired) electrons. The SMILES string of the molecule is CC[C@@H](O)[C@]1(C)OC(c2ccccc2)=CC1=O. The Balaban J connectivity index is 2.27. The van der Waals surface area contributed by atoms with Crippen molar-refractivity contribution in [2.75, 3.05) is 0 Å². The second kappa shape index (κ2) is 4.34. The number of carbonyl (C=O) groups excluding carboxylic acids is 1. The molecule has 2 atom stereocenters. The third kappa shape index (κ3) is 1.98. The third-order valence-corrected chi connectivity index (χ3v) is 3.15. The van der Waals surface area contributed by atoms with Crippen molar-refractivity contribution in [2.24, 2.45) is 0 Å². The van der Waals surface area contributed by atoms with Crippen LogP contribution in [0.3, 0.4) is 0 Å². The molecule has 0 saturated carbocycles. The fourth-order valence-electron chi connectivity index (χ4n) is 1.94. The molecule has 17 heavy (non-hydrogen) atoms. The Kier molecular flexibility index (Phi) is 3.03. The quantitative estimate of drug-likeness (QED) is 0.868. The van der Waals surface area contributed by atoms with Gasteiger partial charge in [-0.3, -0.25) is 4.79 Å². The second-order valence-electron chi connectivity index (χ2n) is 4.37. The Labute approximate surface area is 101 Å². The van der Waals surface area contributed by atoms with Crippen LogP contribution in [-0.2, 0) is 9.53 Å². The molecule has 0 aromatic heterocycles. The maximum absolute atomic E-state index is 11.9. The van der Waals surface area contributed by atoms with E-state index < -0.39 is 11.7 Å². The van der Waals surface area contributed by atoms with E-state index in [1.165, 1.54) is 6.08 Å². The molecule has 3 nitrogen and oxygen atoms in total. The molecular weight excluding hydrogens is 216 g/mol. The van der Waals surface area contributed by atoms with Crippen LogP contribution >= 0.6 is 0 Å². The van der Waals surface area contributed by atoms with E-state index in [4.69, 9.17) is 4.74 Å². The van der Waals surface area contributed by atoms with Gasteiger partial charge in [0.2, 0.25) is 5.78 Å². The maximum atomic E-state index is 11.9. The van der Waals surface area contributed by atoms with E-state index >= 15 is 0 Å². The number of benzene rings is 1. The summed E-state index contributed by atoms with van der Waals surface area (Å²) in [7, 11) is 0. The highest BCUT2D eigenvalue weighted by Crippen LogP contribution is 2.34. The summed E-state index contributed by atoms with van der Waals surface area (Å²) in [6.45, 7) is 3.46. The minimum Gasteiger partial charge on any atom is -0.476 e. The minimum absolute atomic E-state index is 0.175. The highest BCUT2D eigenvalue weighted by Gasteiger charge is 2.45. The smallest absolute Gasteiger partial charge is 0.205 e. The Morgan fingerprint density at radius 2 is 2.00 bits per heavy atom. The van der Waals surface area contributed by atoms with E-state index in [-0.39, 0.29) is 5.78 Å². The van der Waals surface area contributed by atoms with Crippen LogP contribution in [0.5, 0.6) is 0 Å². The van der Waals surface area contributed by atoms with Crippen molar-refractivity contribution in [3.63, 3.8) is 0 Å². The van der Waals surface area contributed by atoms with Crippen molar-refractivity contribution in [2.45, 2.75) is 32.0 Å². The minimum atomic E-state index is -1.14. The predicted octanol–water partition coefficient (Wildman–Crippen LogP) is 2.16. The van der Waals surface area contributed by atoms with Crippen molar-refractivity contribution in [1.82, 2.24) is 0 Å². The largest absolute Gasteiger partial charge is 0.476 e. The topological polar surface area (TPSA) is 46.5 Å². The fraction of sp³-hybridized carbons (Fsp3) is 0.357. The lowest BCUT2D eigenvalue weighted by molar-refractivity contribution is -0.137. The Morgan fingerprint density at radius 1 is 1.35 bits per heavy atom. The fourth-order valence-corrected chi connectivity index (χ4v) is 1.94. The number of aliphatic hydroxyl groups is 1. The van der Waals surface area contributed by atoms with Gasteiger partial charge in [0.1, 0.15) is 11.9 Å². The first-order valence-electron chi connectivity index (χ1n) is 5.76. The van der Waals surface area contributed by atoms with E-state index in [9.17, 15) is 9.90 Å². The lowest BCUT2D eigenvalue weighted by Crippen LogP contribution is -2.44. The number of aliphatic hydroxyl groups excluding tert-OH is 1. The molecule has 1 aliphatic rings. The predicted molar refractivity (Wildman–Crippen MR) is 65.2 cm³/mol. The summed E-state index contributed by atoms with van der Waals surface area (Å²) in [5, 5.41) is 9.87. The lowest BCUT2D eigenvalue weighted by Gasteiger charge is -2.28. The van der Waals surface area contributed by atoms with Gasteiger partial charge in [-0.1, -0.05) is 37.3 Å². The van der Waals surface area contributed by atoms with Crippen LogP contribution in [0.2, 0.25) is 0 Å². The van der Waals surface area contributed by atoms with Crippen LogP contribution in [0.25, 0.3) is 5.76 Å². The normalized spacial score (nSPS) is 25.4. The molecule has 1 heterocycles. The van der Waals surface area contributed by atoms with Gasteiger partial charge >= 0.3 is 0 Å². The molecule has 90 valence electrons. The number of hydrogen-bond acceptors (Lipinski definition) is 3. The summed E-state index contributed by atoms with van der Waals surface area (Å²) in [6.07, 6.45) is 1.17. The highest BCUT2D eigenvalue weighted by atomic mass is 16.5. The van der Waals surface area contributed by atoms with Gasteiger partial charge in [-0.2, -0.15) is 0 Å². The van der Waals surface area contributed by atoms with Gasteiger partial charge in [0.15, 0.2) is 5.60 Å². The van der Waals surface area contributed by atoms with E-state index in [0.29, 0.717) is 12.2 Å². The molecule has 1 aromatic rings. The second-order valence-corrected chi connectivity index (χ2v) is 4.37. The summed E-state index contributed by atoms with van der Waals surface area (Å²) < 4.78 is 5.66. The monoisotopic (exact) mass is 232 g/mol. The van der Waals surface area contributed by atoms with Gasteiger partial charge in [-0.25, -0.2) is 0 Å². The molecule has 0 unspecified atom stereocenters. The molecule has 0 amide bonds. The van der Waals surface area contributed by atoms with Crippen LogP contribution in [0.15, 0.2) is 36.4 Å². The number of carbonyl (C=O) groups is 1. The summed E-state index contributed by atoms with van der Waals surface area (Å²) in [6, 6.07) is 9.43. The van der Waals surface area contributed by atoms with Gasteiger partial charge in [0.25, 0.3) is 0 Å². The molecule has 1 N–H and O–H groups in total. The number of ketones is 1. The first kappa shape index (κ1) is 11.9. The van der Waals surface area contributed by atoms with E-state index in [1.807, 2.05) is 37.3 Å². The van der Waals surface area contributed by atoms with Gasteiger partial charge in [0, 0.05) is 11.6 Å². The summed E-state index contributed by atoms with van der Waals surface area (Å²) in [5.41, 5.74) is -0.284. The first-order chi connectivity index (χ1) is 8.08. The van der Waals surface area contributed by atoms with Crippen LogP contribution < -0.4 is 0 Å². The van der Waals surface area contributed by atoms with Gasteiger partial charge in [-0.15, -0.1) is 0 Å². The average molecular weight is 232 g/mol. The highest BCUT2D eigenvalue weighted by molar-refractivity contribution is 6.05. The van der Waals surface area contributed by atoms with Crippen molar-refractivity contribution < 1.29 is 14.6 Å². The molecule has 2 rings (SSSR count). The Morgan fingerprint density at radius 3 is 2.59 bits per heavy atom. The number of ether oxygens (including phenoxy) is 1. The third-order valence-electron chi connectivity index (χ3n) is 3.15. The standard InChI is InChI=1S/C14H16O3/c1-3-12(15)14(2)13(16)9-11(17-14)10-7-5-4-6-8-10/h4-9,12,15H,3H2,1-2H3/t12-,14+/m1/s1.